The third-order valence-corrected chi connectivity index (χ3v) is 3.04. The molecule has 0 aliphatic carbocycles. The summed E-state index contributed by atoms with van der Waals surface area (Å²) in [7, 11) is 0. The normalized spacial score (nSPS) is 10.7. The molecule has 0 saturated heterocycles. The van der Waals surface area contributed by atoms with E-state index in [0.717, 1.165) is 0 Å². The van der Waals surface area contributed by atoms with Gasteiger partial charge < -0.3 is 9.88 Å². The number of hydrogen-bond donors (Lipinski definition) is 1. The lowest BCUT2D eigenvalue weighted by atomic mass is 10.3. The Morgan fingerprint density at radius 1 is 1.42 bits per heavy atom. The minimum Gasteiger partial charge on any atom is -0.338 e. The van der Waals surface area contributed by atoms with Gasteiger partial charge in [-0.25, -0.2) is 13.8 Å². The summed E-state index contributed by atoms with van der Waals surface area (Å²) in [6.45, 7) is -0.510. The number of alkyl halides is 2. The lowest BCUT2D eigenvalue weighted by Gasteiger charge is -2.09. The van der Waals surface area contributed by atoms with Crippen LogP contribution in [0.3, 0.4) is 0 Å². The van der Waals surface area contributed by atoms with E-state index < -0.39 is 18.9 Å². The Morgan fingerprint density at radius 2 is 2.21 bits per heavy atom. The second-order valence-corrected chi connectivity index (χ2v) is 4.48. The number of rotatable bonds is 4. The molecule has 0 spiro atoms. The first kappa shape index (κ1) is 13.7. The number of pyridine rings is 1. The summed E-state index contributed by atoms with van der Waals surface area (Å²) >= 11 is 3.19. The topological polar surface area (TPSA) is 46.9 Å². The molecule has 0 aliphatic heterocycles. The van der Waals surface area contributed by atoms with E-state index in [1.807, 2.05) is 0 Å². The van der Waals surface area contributed by atoms with Crippen LogP contribution < -0.4 is 5.32 Å². The number of anilines is 1. The molecule has 0 unspecified atom stereocenters. The van der Waals surface area contributed by atoms with Crippen LogP contribution in [0.5, 0.6) is 0 Å². The summed E-state index contributed by atoms with van der Waals surface area (Å²) in [6.07, 6.45) is 0.502. The summed E-state index contributed by atoms with van der Waals surface area (Å²) in [5.41, 5.74) is 0.661. The van der Waals surface area contributed by atoms with Crippen molar-refractivity contribution in [1.29, 1.82) is 0 Å². The van der Waals surface area contributed by atoms with E-state index in [2.05, 4.69) is 26.2 Å². The summed E-state index contributed by atoms with van der Waals surface area (Å²) in [4.78, 5) is 16.0. The first-order valence-electron chi connectivity index (χ1n) is 5.43. The smallest absolute Gasteiger partial charge is 0.272 e. The molecule has 19 heavy (non-hydrogen) atoms. The van der Waals surface area contributed by atoms with Gasteiger partial charge in [0.25, 0.3) is 12.3 Å². The van der Waals surface area contributed by atoms with Gasteiger partial charge in [-0.05, 0) is 40.2 Å². The molecule has 0 radical (unpaired) electrons. The van der Waals surface area contributed by atoms with Gasteiger partial charge in [0, 0.05) is 12.4 Å². The fourth-order valence-electron chi connectivity index (χ4n) is 1.59. The standard InChI is InChI=1S/C12H10BrF2N3O/c13-11-8(3-1-5-16-11)17-12(19)9-4-2-6-18(9)7-10(14)15/h1-6,10H,7H2,(H,17,19). The fourth-order valence-corrected chi connectivity index (χ4v) is 1.94. The van der Waals surface area contributed by atoms with Crippen molar-refractivity contribution in [2.24, 2.45) is 0 Å². The van der Waals surface area contributed by atoms with Crippen LogP contribution in [0.1, 0.15) is 10.5 Å². The Kier molecular flexibility index (Phi) is 4.26. The quantitative estimate of drug-likeness (QED) is 0.876. The van der Waals surface area contributed by atoms with E-state index in [9.17, 15) is 13.6 Å². The number of amides is 1. The first-order chi connectivity index (χ1) is 9.08. The number of nitrogens with one attached hydrogen (secondary N) is 1. The lowest BCUT2D eigenvalue weighted by molar-refractivity contribution is 0.0997. The molecular formula is C12H10BrF2N3O. The maximum Gasteiger partial charge on any atom is 0.272 e. The summed E-state index contributed by atoms with van der Waals surface area (Å²) in [5, 5.41) is 2.61. The van der Waals surface area contributed by atoms with E-state index in [1.54, 1.807) is 24.4 Å². The van der Waals surface area contributed by atoms with Crippen molar-refractivity contribution in [2.45, 2.75) is 13.0 Å². The van der Waals surface area contributed by atoms with Crippen LogP contribution in [0.2, 0.25) is 0 Å². The van der Waals surface area contributed by atoms with Crippen LogP contribution in [0, 0.1) is 0 Å². The van der Waals surface area contributed by atoms with E-state index in [0.29, 0.717) is 10.3 Å². The van der Waals surface area contributed by atoms with Gasteiger partial charge in [-0.3, -0.25) is 4.79 Å². The van der Waals surface area contributed by atoms with Crippen molar-refractivity contribution >= 4 is 27.5 Å². The van der Waals surface area contributed by atoms with Gasteiger partial charge in [-0.2, -0.15) is 0 Å². The SMILES string of the molecule is O=C(Nc1cccnc1Br)c1cccn1CC(F)F. The third-order valence-electron chi connectivity index (χ3n) is 2.40. The van der Waals surface area contributed by atoms with Gasteiger partial charge in [-0.15, -0.1) is 0 Å². The summed E-state index contributed by atoms with van der Waals surface area (Å²) in [6, 6.07) is 6.37. The second-order valence-electron chi connectivity index (χ2n) is 3.73. The van der Waals surface area contributed by atoms with Crippen molar-refractivity contribution in [3.05, 3.63) is 47.0 Å². The molecule has 2 aromatic heterocycles. The highest BCUT2D eigenvalue weighted by molar-refractivity contribution is 9.10. The maximum absolute atomic E-state index is 12.4. The van der Waals surface area contributed by atoms with E-state index >= 15 is 0 Å². The molecule has 1 amide bonds. The first-order valence-corrected chi connectivity index (χ1v) is 6.22. The zero-order chi connectivity index (χ0) is 13.8. The van der Waals surface area contributed by atoms with Crippen molar-refractivity contribution in [1.82, 2.24) is 9.55 Å². The minimum absolute atomic E-state index is 0.177. The average Bonchev–Trinajstić information content (AvgIpc) is 2.79. The molecule has 0 bridgehead atoms. The van der Waals surface area contributed by atoms with Crippen molar-refractivity contribution < 1.29 is 13.6 Å². The van der Waals surface area contributed by atoms with Gasteiger partial charge in [-0.1, -0.05) is 0 Å². The number of carbonyl (C=O) groups is 1. The molecule has 0 saturated carbocycles. The number of hydrogen-bond acceptors (Lipinski definition) is 2. The number of halogens is 3. The highest BCUT2D eigenvalue weighted by Crippen LogP contribution is 2.19. The van der Waals surface area contributed by atoms with Crippen LogP contribution in [0.25, 0.3) is 0 Å². The van der Waals surface area contributed by atoms with E-state index in [-0.39, 0.29) is 5.69 Å². The second kappa shape index (κ2) is 5.92. The molecule has 100 valence electrons. The Hall–Kier alpha value is -1.76. The predicted molar refractivity (Wildman–Crippen MR) is 70.3 cm³/mol. The highest BCUT2D eigenvalue weighted by atomic mass is 79.9. The maximum atomic E-state index is 12.4. The molecule has 1 N–H and O–H groups in total. The molecule has 0 atom stereocenters. The Bertz CT molecular complexity index is 586. The number of carbonyl (C=O) groups excluding carboxylic acids is 1. The van der Waals surface area contributed by atoms with Crippen LogP contribution in [0.15, 0.2) is 41.3 Å². The predicted octanol–water partition coefficient (Wildman–Crippen LogP) is 3.16. The highest BCUT2D eigenvalue weighted by Gasteiger charge is 2.14. The zero-order valence-corrected chi connectivity index (χ0v) is 11.3. The van der Waals surface area contributed by atoms with Crippen molar-refractivity contribution in [3.8, 4) is 0 Å². The van der Waals surface area contributed by atoms with E-state index in [4.69, 9.17) is 0 Å². The van der Waals surface area contributed by atoms with Crippen molar-refractivity contribution in [2.75, 3.05) is 5.32 Å². The van der Waals surface area contributed by atoms with Gasteiger partial charge in [0.2, 0.25) is 0 Å². The fraction of sp³-hybridized carbons (Fsp3) is 0.167. The van der Waals surface area contributed by atoms with Crippen LogP contribution in [-0.4, -0.2) is 21.9 Å². The Balaban J connectivity index is 2.17. The van der Waals surface area contributed by atoms with Gasteiger partial charge in [0.05, 0.1) is 12.2 Å². The average molecular weight is 330 g/mol. The van der Waals surface area contributed by atoms with Gasteiger partial charge in [0.1, 0.15) is 10.3 Å². The van der Waals surface area contributed by atoms with Crippen LogP contribution in [-0.2, 0) is 6.54 Å². The molecule has 0 aromatic carbocycles. The summed E-state index contributed by atoms with van der Waals surface area (Å²) < 4.78 is 26.4. The molecule has 0 fully saturated rings. The molecule has 2 heterocycles. The Labute approximate surface area is 116 Å². The van der Waals surface area contributed by atoms with Crippen molar-refractivity contribution in [3.63, 3.8) is 0 Å². The molecule has 4 nitrogen and oxygen atoms in total. The molecule has 7 heteroatoms. The van der Waals surface area contributed by atoms with Crippen LogP contribution in [0.4, 0.5) is 14.5 Å². The minimum atomic E-state index is -2.51. The summed E-state index contributed by atoms with van der Waals surface area (Å²) in [5.74, 6) is -0.459. The lowest BCUT2D eigenvalue weighted by Crippen LogP contribution is -2.19. The van der Waals surface area contributed by atoms with Crippen LogP contribution >= 0.6 is 15.9 Å². The molecule has 0 aliphatic rings. The molecule has 2 rings (SSSR count). The van der Waals surface area contributed by atoms with Gasteiger partial charge in [0.15, 0.2) is 0 Å². The Morgan fingerprint density at radius 3 is 2.89 bits per heavy atom. The number of aromatic nitrogens is 2. The monoisotopic (exact) mass is 329 g/mol. The zero-order valence-electron chi connectivity index (χ0n) is 9.69. The van der Waals surface area contributed by atoms with E-state index in [1.165, 1.54) is 16.8 Å². The largest absolute Gasteiger partial charge is 0.338 e. The third kappa shape index (κ3) is 3.37. The molecule has 2 aromatic rings. The molecular weight excluding hydrogens is 320 g/mol. The van der Waals surface area contributed by atoms with Gasteiger partial charge >= 0.3 is 0 Å². The number of nitrogens with zero attached hydrogens (tertiary/aromatic N) is 2.